The molecule has 0 atom stereocenters. The zero-order valence-electron chi connectivity index (χ0n) is 13.5. The number of benzene rings is 1. The smallest absolute Gasteiger partial charge is 0.255 e. The molecule has 1 amide bonds. The second-order valence-electron chi connectivity index (χ2n) is 5.16. The second-order valence-corrected chi connectivity index (χ2v) is 6.72. The van der Waals surface area contributed by atoms with Crippen molar-refractivity contribution in [1.82, 2.24) is 5.32 Å². The quantitative estimate of drug-likeness (QED) is 0.665. The fourth-order valence-electron chi connectivity index (χ4n) is 1.89. The van der Waals surface area contributed by atoms with E-state index in [0.717, 1.165) is 0 Å². The van der Waals surface area contributed by atoms with Crippen LogP contribution in [0.5, 0.6) is 5.75 Å². The average molecular weight is 366 g/mol. The minimum Gasteiger partial charge on any atom is -0.496 e. The number of nitrogens with one attached hydrogen (secondary N) is 1. The highest BCUT2D eigenvalue weighted by molar-refractivity contribution is 7.89. The highest BCUT2D eigenvalue weighted by atomic mass is 35.5. The molecule has 0 aliphatic rings. The number of carbonyl (C=O) groups is 1. The molecule has 1 aromatic rings. The van der Waals surface area contributed by atoms with E-state index < -0.39 is 21.5 Å². The number of rotatable bonds is 7. The second kappa shape index (κ2) is 8.49. The SMILES string of the molecule is CCC(N)(CC)CNC(=O)c1cc(S(N)(=O)=O)ccc1OC.Cl. The molecular formula is C14H24ClN3O4S. The lowest BCUT2D eigenvalue weighted by atomic mass is 9.94. The lowest BCUT2D eigenvalue weighted by Gasteiger charge is -2.27. The van der Waals surface area contributed by atoms with Gasteiger partial charge in [0.2, 0.25) is 10.0 Å². The van der Waals surface area contributed by atoms with Gasteiger partial charge < -0.3 is 15.8 Å². The van der Waals surface area contributed by atoms with Crippen molar-refractivity contribution in [2.45, 2.75) is 37.1 Å². The molecule has 5 N–H and O–H groups in total. The molecule has 23 heavy (non-hydrogen) atoms. The molecule has 0 aromatic heterocycles. The summed E-state index contributed by atoms with van der Waals surface area (Å²) in [4.78, 5) is 12.2. The topological polar surface area (TPSA) is 125 Å². The summed E-state index contributed by atoms with van der Waals surface area (Å²) in [5, 5.41) is 7.80. The Morgan fingerprint density at radius 1 is 1.30 bits per heavy atom. The van der Waals surface area contributed by atoms with Crippen molar-refractivity contribution in [3.63, 3.8) is 0 Å². The van der Waals surface area contributed by atoms with Gasteiger partial charge in [-0.05, 0) is 31.0 Å². The van der Waals surface area contributed by atoms with Gasteiger partial charge in [-0.1, -0.05) is 13.8 Å². The fourth-order valence-corrected chi connectivity index (χ4v) is 2.43. The third-order valence-corrected chi connectivity index (χ3v) is 4.66. The summed E-state index contributed by atoms with van der Waals surface area (Å²) in [6, 6.07) is 3.87. The minimum atomic E-state index is -3.90. The van der Waals surface area contributed by atoms with Gasteiger partial charge in [-0.15, -0.1) is 12.4 Å². The Balaban J connectivity index is 0.00000484. The molecule has 0 spiro atoms. The Morgan fingerprint density at radius 2 is 1.87 bits per heavy atom. The molecule has 0 aliphatic carbocycles. The first kappa shape index (κ1) is 21.6. The van der Waals surface area contributed by atoms with Crippen LogP contribution >= 0.6 is 12.4 Å². The van der Waals surface area contributed by atoms with Crippen LogP contribution in [0.25, 0.3) is 0 Å². The van der Waals surface area contributed by atoms with E-state index >= 15 is 0 Å². The van der Waals surface area contributed by atoms with Crippen molar-refractivity contribution in [1.29, 1.82) is 0 Å². The van der Waals surface area contributed by atoms with Crippen molar-refractivity contribution < 1.29 is 17.9 Å². The van der Waals surface area contributed by atoms with Crippen LogP contribution in [0, 0.1) is 0 Å². The first-order chi connectivity index (χ1) is 10.2. The highest BCUT2D eigenvalue weighted by Crippen LogP contribution is 2.22. The van der Waals surface area contributed by atoms with Gasteiger partial charge in [0.25, 0.3) is 5.91 Å². The van der Waals surface area contributed by atoms with Crippen LogP contribution in [-0.2, 0) is 10.0 Å². The number of halogens is 1. The van der Waals surface area contributed by atoms with Crippen LogP contribution < -0.4 is 20.9 Å². The van der Waals surface area contributed by atoms with Gasteiger partial charge in [0.15, 0.2) is 0 Å². The van der Waals surface area contributed by atoms with Crippen molar-refractivity contribution >= 4 is 28.3 Å². The molecular weight excluding hydrogens is 342 g/mol. The van der Waals surface area contributed by atoms with Gasteiger partial charge in [-0.2, -0.15) is 0 Å². The van der Waals surface area contributed by atoms with E-state index in [-0.39, 0.29) is 35.2 Å². The summed E-state index contributed by atoms with van der Waals surface area (Å²) in [7, 11) is -2.50. The molecule has 0 saturated carbocycles. The summed E-state index contributed by atoms with van der Waals surface area (Å²) in [6.45, 7) is 4.16. The molecule has 0 fully saturated rings. The van der Waals surface area contributed by atoms with E-state index in [1.807, 2.05) is 13.8 Å². The van der Waals surface area contributed by atoms with E-state index in [9.17, 15) is 13.2 Å². The standard InChI is InChI=1S/C14H23N3O4S.ClH/c1-4-14(15,5-2)9-17-13(18)11-8-10(22(16,19)20)6-7-12(11)21-3;/h6-8H,4-5,9,15H2,1-3H3,(H,17,18)(H2,16,19,20);1H. The van der Waals surface area contributed by atoms with Gasteiger partial charge in [-0.25, -0.2) is 13.6 Å². The third-order valence-electron chi connectivity index (χ3n) is 3.75. The first-order valence-corrected chi connectivity index (χ1v) is 8.49. The summed E-state index contributed by atoms with van der Waals surface area (Å²) in [5.74, 6) is -0.195. The van der Waals surface area contributed by atoms with Crippen LogP contribution in [0.4, 0.5) is 0 Å². The van der Waals surface area contributed by atoms with E-state index in [2.05, 4.69) is 5.32 Å². The molecule has 0 bridgehead atoms. The van der Waals surface area contributed by atoms with Crippen molar-refractivity contribution in [3.8, 4) is 5.75 Å². The van der Waals surface area contributed by atoms with Crippen LogP contribution in [0.1, 0.15) is 37.0 Å². The molecule has 9 heteroatoms. The van der Waals surface area contributed by atoms with E-state index in [0.29, 0.717) is 12.8 Å². The Hall–Kier alpha value is -1.35. The Kier molecular flexibility index (Phi) is 7.99. The molecule has 0 heterocycles. The number of ether oxygens (including phenoxy) is 1. The average Bonchev–Trinajstić information content (AvgIpc) is 2.50. The number of sulfonamides is 1. The maximum atomic E-state index is 12.3. The molecule has 7 nitrogen and oxygen atoms in total. The van der Waals surface area contributed by atoms with Gasteiger partial charge in [0.05, 0.1) is 17.6 Å². The number of methoxy groups -OCH3 is 1. The monoisotopic (exact) mass is 365 g/mol. The maximum absolute atomic E-state index is 12.3. The molecule has 0 saturated heterocycles. The maximum Gasteiger partial charge on any atom is 0.255 e. The minimum absolute atomic E-state index is 0. The van der Waals surface area contributed by atoms with E-state index in [4.69, 9.17) is 15.6 Å². The third kappa shape index (κ3) is 5.65. The molecule has 1 aromatic carbocycles. The number of hydrogen-bond donors (Lipinski definition) is 3. The van der Waals surface area contributed by atoms with E-state index in [1.165, 1.54) is 25.3 Å². The van der Waals surface area contributed by atoms with Crippen LogP contribution in [0.3, 0.4) is 0 Å². The molecule has 0 aliphatic heterocycles. The fraction of sp³-hybridized carbons (Fsp3) is 0.500. The molecule has 0 radical (unpaired) electrons. The lowest BCUT2D eigenvalue weighted by molar-refractivity contribution is 0.0939. The first-order valence-electron chi connectivity index (χ1n) is 6.94. The lowest BCUT2D eigenvalue weighted by Crippen LogP contribution is -2.49. The Bertz CT molecular complexity index is 645. The highest BCUT2D eigenvalue weighted by Gasteiger charge is 2.23. The number of hydrogen-bond acceptors (Lipinski definition) is 5. The number of primary sulfonamides is 1. The summed E-state index contributed by atoms with van der Waals surface area (Å²) in [5.41, 5.74) is 5.73. The molecule has 0 unspecified atom stereocenters. The van der Waals surface area contributed by atoms with Crippen LogP contribution in [0.2, 0.25) is 0 Å². The van der Waals surface area contributed by atoms with Crippen LogP contribution in [-0.4, -0.2) is 33.5 Å². The van der Waals surface area contributed by atoms with Crippen LogP contribution in [0.15, 0.2) is 23.1 Å². The van der Waals surface area contributed by atoms with Crippen molar-refractivity contribution in [2.24, 2.45) is 10.9 Å². The van der Waals surface area contributed by atoms with Gasteiger partial charge in [0, 0.05) is 12.1 Å². The van der Waals surface area contributed by atoms with Gasteiger partial charge >= 0.3 is 0 Å². The normalized spacial score (nSPS) is 11.5. The Morgan fingerprint density at radius 3 is 2.30 bits per heavy atom. The zero-order valence-corrected chi connectivity index (χ0v) is 15.1. The summed E-state index contributed by atoms with van der Waals surface area (Å²) >= 11 is 0. The number of nitrogens with two attached hydrogens (primary N) is 2. The predicted octanol–water partition coefficient (Wildman–Crippen LogP) is 1.01. The number of amides is 1. The van der Waals surface area contributed by atoms with E-state index in [1.54, 1.807) is 0 Å². The molecule has 1 rings (SSSR count). The number of carbonyl (C=O) groups excluding carboxylic acids is 1. The molecule has 132 valence electrons. The summed E-state index contributed by atoms with van der Waals surface area (Å²) in [6.07, 6.45) is 1.41. The van der Waals surface area contributed by atoms with Gasteiger partial charge in [-0.3, -0.25) is 4.79 Å². The Labute approximate surface area is 143 Å². The summed E-state index contributed by atoms with van der Waals surface area (Å²) < 4.78 is 27.9. The zero-order chi connectivity index (χ0) is 17.0. The predicted molar refractivity (Wildman–Crippen MR) is 91.4 cm³/mol. The van der Waals surface area contributed by atoms with Gasteiger partial charge in [0.1, 0.15) is 5.75 Å². The largest absolute Gasteiger partial charge is 0.496 e. The van der Waals surface area contributed by atoms with Crippen molar-refractivity contribution in [2.75, 3.05) is 13.7 Å². The van der Waals surface area contributed by atoms with Crippen molar-refractivity contribution in [3.05, 3.63) is 23.8 Å².